The zero-order valence-corrected chi connectivity index (χ0v) is 18.8. The van der Waals surface area contributed by atoms with Crippen molar-refractivity contribution in [3.63, 3.8) is 0 Å². The highest BCUT2D eigenvalue weighted by Crippen LogP contribution is 2.34. The van der Waals surface area contributed by atoms with Gasteiger partial charge in [0.1, 0.15) is 0 Å². The van der Waals surface area contributed by atoms with Gasteiger partial charge in [-0.05, 0) is 61.4 Å². The molecule has 4 rings (SSSR count). The predicted octanol–water partition coefficient (Wildman–Crippen LogP) is 2.21. The predicted molar refractivity (Wildman–Crippen MR) is 123 cm³/mol. The molecule has 0 unspecified atom stereocenters. The number of piperazine rings is 1. The summed E-state index contributed by atoms with van der Waals surface area (Å²) in [6.07, 6.45) is 8.23. The van der Waals surface area contributed by atoms with Gasteiger partial charge in [0, 0.05) is 51.2 Å². The van der Waals surface area contributed by atoms with Crippen LogP contribution < -0.4 is 15.0 Å². The Labute approximate surface area is 189 Å². The molecule has 7 nitrogen and oxygen atoms in total. The highest BCUT2D eigenvalue weighted by molar-refractivity contribution is 5.32. The van der Waals surface area contributed by atoms with Crippen LogP contribution in [0.3, 0.4) is 0 Å². The number of nitrogens with zero attached hydrogens (tertiary/aromatic N) is 4. The van der Waals surface area contributed by atoms with Crippen molar-refractivity contribution < 1.29 is 14.2 Å². The smallest absolute Gasteiger partial charge is 0.225 e. The van der Waals surface area contributed by atoms with E-state index in [1.165, 1.54) is 18.7 Å². The lowest BCUT2D eigenvalue weighted by atomic mass is 10.0. The third-order valence-electron chi connectivity index (χ3n) is 6.70. The maximum Gasteiger partial charge on any atom is 0.225 e. The number of methoxy groups -OCH3 is 1. The Morgan fingerprint density at radius 2 is 1.94 bits per heavy atom. The number of hydrogen-bond acceptors (Lipinski definition) is 7. The molecule has 8 heteroatoms. The van der Waals surface area contributed by atoms with E-state index in [9.17, 15) is 4.39 Å². The number of halogens is 1. The number of rotatable bonds is 9. The number of hydrogen-bond donors (Lipinski definition) is 2. The first-order chi connectivity index (χ1) is 15.7. The van der Waals surface area contributed by atoms with E-state index in [0.29, 0.717) is 17.7 Å². The van der Waals surface area contributed by atoms with Crippen molar-refractivity contribution in [3.05, 3.63) is 47.5 Å². The fraction of sp³-hybridized carbons (Fsp3) is 0.583. The molecule has 1 saturated heterocycles. The summed E-state index contributed by atoms with van der Waals surface area (Å²) < 4.78 is 18.6. The quantitative estimate of drug-likeness (QED) is 0.616. The van der Waals surface area contributed by atoms with Gasteiger partial charge in [0.2, 0.25) is 5.95 Å². The second kappa shape index (κ2) is 11.0. The molecule has 2 aromatic rings. The van der Waals surface area contributed by atoms with Crippen molar-refractivity contribution in [1.29, 1.82) is 0 Å². The molecule has 0 spiro atoms. The number of benzene rings is 1. The van der Waals surface area contributed by atoms with Crippen molar-refractivity contribution in [1.82, 2.24) is 20.2 Å². The minimum atomic E-state index is -0.319. The minimum absolute atomic E-state index is 0.212. The number of aliphatic hydroxyl groups excluding tert-OH is 1. The zero-order chi connectivity index (χ0) is 22.3. The monoisotopic (exact) mass is 443 g/mol. The molecular weight excluding hydrogens is 409 g/mol. The van der Waals surface area contributed by atoms with Crippen molar-refractivity contribution in [2.75, 3.05) is 57.9 Å². The van der Waals surface area contributed by atoms with E-state index < -0.39 is 0 Å². The summed E-state index contributed by atoms with van der Waals surface area (Å²) in [5, 5.41) is 12.7. The molecule has 2 aliphatic rings. The standard InChI is InChI=1S/C24H34FN5O2/c1-32-23-14-18(2-5-22(23)25)6-7-26-21-4-3-19(15-21)20-16-27-24(28-17-20)30-10-8-29(9-11-30)12-13-31/h2,5,14,16-17,19,21,26,31H,3-4,6-13,15H2,1H3/t19-,21+/m1/s1. The molecule has 0 bridgehead atoms. The van der Waals surface area contributed by atoms with Gasteiger partial charge >= 0.3 is 0 Å². The summed E-state index contributed by atoms with van der Waals surface area (Å²) in [6, 6.07) is 5.56. The third-order valence-corrected chi connectivity index (χ3v) is 6.70. The number of aromatic nitrogens is 2. The molecule has 0 radical (unpaired) electrons. The fourth-order valence-electron chi connectivity index (χ4n) is 4.77. The van der Waals surface area contributed by atoms with Gasteiger partial charge in [-0.15, -0.1) is 0 Å². The van der Waals surface area contributed by atoms with Crippen LogP contribution >= 0.6 is 0 Å². The summed E-state index contributed by atoms with van der Waals surface area (Å²) in [4.78, 5) is 13.8. The minimum Gasteiger partial charge on any atom is -0.494 e. The van der Waals surface area contributed by atoms with Gasteiger partial charge in [-0.3, -0.25) is 4.90 Å². The Morgan fingerprint density at radius 3 is 2.66 bits per heavy atom. The van der Waals surface area contributed by atoms with E-state index in [2.05, 4.69) is 25.1 Å². The molecular formula is C24H34FN5O2. The Hall–Kier alpha value is -2.29. The van der Waals surface area contributed by atoms with Crippen molar-refractivity contribution >= 4 is 5.95 Å². The SMILES string of the molecule is COc1cc(CCN[C@H]2CC[C@@H](c3cnc(N4CCN(CCO)CC4)nc3)C2)ccc1F. The van der Waals surface area contributed by atoms with Gasteiger partial charge in [-0.1, -0.05) is 6.07 Å². The molecule has 174 valence electrons. The van der Waals surface area contributed by atoms with Gasteiger partial charge in [0.25, 0.3) is 0 Å². The number of nitrogens with one attached hydrogen (secondary N) is 1. The lowest BCUT2D eigenvalue weighted by Crippen LogP contribution is -2.47. The molecule has 0 amide bonds. The van der Waals surface area contributed by atoms with Crippen LogP contribution in [0.4, 0.5) is 10.3 Å². The summed E-state index contributed by atoms with van der Waals surface area (Å²) in [7, 11) is 1.49. The topological polar surface area (TPSA) is 73.8 Å². The first-order valence-corrected chi connectivity index (χ1v) is 11.6. The summed E-state index contributed by atoms with van der Waals surface area (Å²) in [6.45, 7) is 5.48. The Balaban J connectivity index is 1.22. The van der Waals surface area contributed by atoms with E-state index in [-0.39, 0.29) is 12.4 Å². The van der Waals surface area contributed by atoms with Crippen LogP contribution in [-0.4, -0.2) is 79.0 Å². The molecule has 2 fully saturated rings. The van der Waals surface area contributed by atoms with Crippen molar-refractivity contribution in [3.8, 4) is 5.75 Å². The van der Waals surface area contributed by atoms with Crippen molar-refractivity contribution in [2.45, 2.75) is 37.6 Å². The Kier molecular flexibility index (Phi) is 7.89. The maximum absolute atomic E-state index is 13.6. The average Bonchev–Trinajstić information content (AvgIpc) is 3.30. The van der Waals surface area contributed by atoms with Crippen LogP contribution in [0.2, 0.25) is 0 Å². The largest absolute Gasteiger partial charge is 0.494 e. The van der Waals surface area contributed by atoms with Crippen LogP contribution in [0.15, 0.2) is 30.6 Å². The normalized spacial score (nSPS) is 21.8. The van der Waals surface area contributed by atoms with E-state index in [1.807, 2.05) is 18.5 Å². The summed E-state index contributed by atoms with van der Waals surface area (Å²) in [5.41, 5.74) is 2.30. The first-order valence-electron chi connectivity index (χ1n) is 11.6. The molecule has 1 saturated carbocycles. The lowest BCUT2D eigenvalue weighted by Gasteiger charge is -2.34. The second-order valence-corrected chi connectivity index (χ2v) is 8.75. The third kappa shape index (κ3) is 5.74. The van der Waals surface area contributed by atoms with E-state index >= 15 is 0 Å². The zero-order valence-electron chi connectivity index (χ0n) is 18.8. The average molecular weight is 444 g/mol. The molecule has 2 N–H and O–H groups in total. The van der Waals surface area contributed by atoms with E-state index in [1.54, 1.807) is 6.07 Å². The maximum atomic E-state index is 13.6. The molecule has 2 atom stereocenters. The number of ether oxygens (including phenoxy) is 1. The van der Waals surface area contributed by atoms with Crippen LogP contribution in [0.25, 0.3) is 0 Å². The summed E-state index contributed by atoms with van der Waals surface area (Å²) >= 11 is 0. The van der Waals surface area contributed by atoms with Crippen LogP contribution in [0, 0.1) is 5.82 Å². The Morgan fingerprint density at radius 1 is 1.16 bits per heavy atom. The van der Waals surface area contributed by atoms with Gasteiger partial charge < -0.3 is 20.1 Å². The van der Waals surface area contributed by atoms with Crippen LogP contribution in [-0.2, 0) is 6.42 Å². The van der Waals surface area contributed by atoms with Gasteiger partial charge in [0.05, 0.1) is 13.7 Å². The molecule has 2 heterocycles. The van der Waals surface area contributed by atoms with Crippen LogP contribution in [0.1, 0.15) is 36.3 Å². The van der Waals surface area contributed by atoms with Gasteiger partial charge in [-0.2, -0.15) is 0 Å². The van der Waals surface area contributed by atoms with E-state index in [4.69, 9.17) is 9.84 Å². The second-order valence-electron chi connectivity index (χ2n) is 8.75. The summed E-state index contributed by atoms with van der Waals surface area (Å²) in [5.74, 6) is 1.28. The molecule has 1 aromatic heterocycles. The first kappa shape index (κ1) is 22.9. The molecule has 1 aliphatic carbocycles. The van der Waals surface area contributed by atoms with Crippen LogP contribution in [0.5, 0.6) is 5.75 Å². The fourth-order valence-corrected chi connectivity index (χ4v) is 4.77. The highest BCUT2D eigenvalue weighted by Gasteiger charge is 2.26. The number of anilines is 1. The lowest BCUT2D eigenvalue weighted by molar-refractivity contribution is 0.188. The van der Waals surface area contributed by atoms with Gasteiger partial charge in [-0.25, -0.2) is 14.4 Å². The molecule has 1 aromatic carbocycles. The van der Waals surface area contributed by atoms with E-state index in [0.717, 1.165) is 76.5 Å². The van der Waals surface area contributed by atoms with Crippen molar-refractivity contribution in [2.24, 2.45) is 0 Å². The molecule has 1 aliphatic heterocycles. The highest BCUT2D eigenvalue weighted by atomic mass is 19.1. The number of β-amino-alcohol motifs (C(OH)–C–C–N with tert-alkyl or cyclic N) is 1. The number of aliphatic hydroxyl groups is 1. The Bertz CT molecular complexity index is 858. The molecule has 32 heavy (non-hydrogen) atoms. The van der Waals surface area contributed by atoms with Gasteiger partial charge in [0.15, 0.2) is 11.6 Å².